The van der Waals surface area contributed by atoms with Crippen LogP contribution >= 0.6 is 11.3 Å². The van der Waals surface area contributed by atoms with Crippen molar-refractivity contribution in [1.82, 2.24) is 4.98 Å². The Morgan fingerprint density at radius 3 is 2.50 bits per heavy atom. The number of nitrogens with one attached hydrogen (secondary N) is 1. The summed E-state index contributed by atoms with van der Waals surface area (Å²) >= 11 is 1.54. The molecular formula is C19H19N3OS. The largest absolute Gasteiger partial charge is 0.489 e. The average Bonchev–Trinajstić information content (AvgIpc) is 3.01. The number of aryl methyl sites for hydroxylation is 2. The third kappa shape index (κ3) is 4.67. The van der Waals surface area contributed by atoms with Gasteiger partial charge in [-0.3, -0.25) is 5.43 Å². The number of hydrogen-bond acceptors (Lipinski definition) is 5. The van der Waals surface area contributed by atoms with Crippen molar-refractivity contribution >= 4 is 22.7 Å². The Hall–Kier alpha value is -2.66. The van der Waals surface area contributed by atoms with E-state index < -0.39 is 0 Å². The summed E-state index contributed by atoms with van der Waals surface area (Å²) in [5.74, 6) is 0.844. The van der Waals surface area contributed by atoms with Crippen molar-refractivity contribution in [2.24, 2.45) is 5.10 Å². The van der Waals surface area contributed by atoms with Gasteiger partial charge in [0.05, 0.1) is 11.9 Å². The van der Waals surface area contributed by atoms with Crippen LogP contribution in [0.5, 0.6) is 5.75 Å². The molecule has 4 nitrogen and oxygen atoms in total. The van der Waals surface area contributed by atoms with E-state index in [-0.39, 0.29) is 0 Å². The number of hydrogen-bond donors (Lipinski definition) is 1. The number of benzene rings is 2. The lowest BCUT2D eigenvalue weighted by atomic mass is 10.2. The minimum atomic E-state index is 0.568. The van der Waals surface area contributed by atoms with Crippen LogP contribution in [-0.4, -0.2) is 11.2 Å². The van der Waals surface area contributed by atoms with Crippen LogP contribution < -0.4 is 10.2 Å². The van der Waals surface area contributed by atoms with E-state index in [1.165, 1.54) is 16.9 Å². The summed E-state index contributed by atoms with van der Waals surface area (Å²) in [7, 11) is 0. The fraction of sp³-hybridized carbons (Fsp3) is 0.158. The van der Waals surface area contributed by atoms with Gasteiger partial charge in [-0.05, 0) is 49.2 Å². The molecule has 3 aromatic rings. The minimum Gasteiger partial charge on any atom is -0.489 e. The molecule has 0 radical (unpaired) electrons. The van der Waals surface area contributed by atoms with E-state index in [2.05, 4.69) is 46.7 Å². The number of aromatic nitrogens is 1. The predicted octanol–water partition coefficient (Wildman–Crippen LogP) is 4.78. The van der Waals surface area contributed by atoms with Crippen LogP contribution in [0, 0.1) is 13.8 Å². The molecule has 5 heteroatoms. The summed E-state index contributed by atoms with van der Waals surface area (Å²) in [4.78, 5) is 4.29. The van der Waals surface area contributed by atoms with Crippen LogP contribution in [0.2, 0.25) is 0 Å². The number of hydrazone groups is 1. The quantitative estimate of drug-likeness (QED) is 0.520. The molecule has 24 heavy (non-hydrogen) atoms. The molecule has 1 N–H and O–H groups in total. The van der Waals surface area contributed by atoms with Gasteiger partial charge in [0.1, 0.15) is 12.4 Å². The number of rotatable bonds is 6. The third-order valence-electron chi connectivity index (χ3n) is 3.40. The number of nitrogens with zero attached hydrogens (tertiary/aromatic N) is 2. The molecule has 0 aliphatic heterocycles. The Kier molecular flexibility index (Phi) is 5.23. The second kappa shape index (κ2) is 7.75. The SMILES string of the molecule is Cc1ccc(COc2ccc(/C=N\Nc3nc(C)cs3)cc2)cc1. The predicted molar refractivity (Wildman–Crippen MR) is 100 cm³/mol. The van der Waals surface area contributed by atoms with Gasteiger partial charge in [-0.15, -0.1) is 11.3 Å². The summed E-state index contributed by atoms with van der Waals surface area (Å²) in [6.45, 7) is 4.61. The highest BCUT2D eigenvalue weighted by Crippen LogP contribution is 2.15. The zero-order valence-corrected chi connectivity index (χ0v) is 14.5. The highest BCUT2D eigenvalue weighted by Gasteiger charge is 1.97. The minimum absolute atomic E-state index is 0.568. The van der Waals surface area contributed by atoms with Crippen LogP contribution in [-0.2, 0) is 6.61 Å². The van der Waals surface area contributed by atoms with Gasteiger partial charge < -0.3 is 4.74 Å². The van der Waals surface area contributed by atoms with Crippen LogP contribution in [0.25, 0.3) is 0 Å². The summed E-state index contributed by atoms with van der Waals surface area (Å²) in [6, 6.07) is 16.2. The molecule has 0 aliphatic carbocycles. The van der Waals surface area contributed by atoms with Crippen molar-refractivity contribution in [1.29, 1.82) is 0 Å². The van der Waals surface area contributed by atoms with Gasteiger partial charge in [0, 0.05) is 5.38 Å². The summed E-state index contributed by atoms with van der Waals surface area (Å²) in [5, 5.41) is 6.97. The molecule has 1 aromatic heterocycles. The van der Waals surface area contributed by atoms with Gasteiger partial charge in [0.15, 0.2) is 0 Å². The summed E-state index contributed by atoms with van der Waals surface area (Å²) < 4.78 is 5.80. The van der Waals surface area contributed by atoms with E-state index in [9.17, 15) is 0 Å². The Bertz CT molecular complexity index is 807. The third-order valence-corrected chi connectivity index (χ3v) is 4.26. The fourth-order valence-electron chi connectivity index (χ4n) is 2.07. The maximum atomic E-state index is 5.80. The Labute approximate surface area is 145 Å². The number of ether oxygens (including phenoxy) is 1. The van der Waals surface area contributed by atoms with E-state index in [0.29, 0.717) is 6.61 Å². The zero-order valence-electron chi connectivity index (χ0n) is 13.7. The second-order valence-corrected chi connectivity index (χ2v) is 6.37. The Balaban J connectivity index is 1.52. The molecular weight excluding hydrogens is 318 g/mol. The molecule has 122 valence electrons. The zero-order chi connectivity index (χ0) is 16.8. The van der Waals surface area contributed by atoms with E-state index in [4.69, 9.17) is 4.74 Å². The van der Waals surface area contributed by atoms with Gasteiger partial charge in [0.25, 0.3) is 0 Å². The lowest BCUT2D eigenvalue weighted by Gasteiger charge is -2.06. The van der Waals surface area contributed by atoms with Gasteiger partial charge in [-0.1, -0.05) is 29.8 Å². The summed E-state index contributed by atoms with van der Waals surface area (Å²) in [6.07, 6.45) is 1.76. The molecule has 0 unspecified atom stereocenters. The van der Waals surface area contributed by atoms with Crippen molar-refractivity contribution in [3.05, 3.63) is 76.3 Å². The number of anilines is 1. The van der Waals surface area contributed by atoms with E-state index in [1.54, 1.807) is 6.21 Å². The maximum absolute atomic E-state index is 5.80. The molecule has 1 heterocycles. The molecule has 0 bridgehead atoms. The lowest BCUT2D eigenvalue weighted by molar-refractivity contribution is 0.306. The Morgan fingerprint density at radius 1 is 1.08 bits per heavy atom. The van der Waals surface area contributed by atoms with Crippen molar-refractivity contribution < 1.29 is 4.74 Å². The van der Waals surface area contributed by atoms with Crippen LogP contribution in [0.1, 0.15) is 22.4 Å². The first-order chi connectivity index (χ1) is 11.7. The first-order valence-electron chi connectivity index (χ1n) is 7.69. The van der Waals surface area contributed by atoms with Crippen molar-refractivity contribution in [2.75, 3.05) is 5.43 Å². The van der Waals surface area contributed by atoms with E-state index in [0.717, 1.165) is 27.7 Å². The Morgan fingerprint density at radius 2 is 1.83 bits per heavy atom. The smallest absolute Gasteiger partial charge is 0.203 e. The molecule has 0 spiro atoms. The van der Waals surface area contributed by atoms with Crippen LogP contribution in [0.15, 0.2) is 59.0 Å². The number of thiazole rings is 1. The van der Waals surface area contributed by atoms with Gasteiger partial charge in [-0.25, -0.2) is 4.98 Å². The highest BCUT2D eigenvalue weighted by atomic mass is 32.1. The average molecular weight is 337 g/mol. The molecule has 0 saturated heterocycles. The lowest BCUT2D eigenvalue weighted by Crippen LogP contribution is -1.95. The molecule has 0 fully saturated rings. The van der Waals surface area contributed by atoms with Gasteiger partial charge >= 0.3 is 0 Å². The molecule has 0 atom stereocenters. The highest BCUT2D eigenvalue weighted by molar-refractivity contribution is 7.13. The van der Waals surface area contributed by atoms with E-state index in [1.807, 2.05) is 36.6 Å². The summed E-state index contributed by atoms with van der Waals surface area (Å²) in [5.41, 5.74) is 7.33. The fourth-order valence-corrected chi connectivity index (χ4v) is 2.71. The van der Waals surface area contributed by atoms with Crippen molar-refractivity contribution in [2.45, 2.75) is 20.5 Å². The monoisotopic (exact) mass is 337 g/mol. The standard InChI is InChI=1S/C19H19N3OS/c1-14-3-5-17(6-4-14)12-23-18-9-7-16(8-10-18)11-20-22-19-21-15(2)13-24-19/h3-11,13H,12H2,1-2H3,(H,21,22)/b20-11-. The first-order valence-corrected chi connectivity index (χ1v) is 8.56. The molecule has 2 aromatic carbocycles. The maximum Gasteiger partial charge on any atom is 0.203 e. The molecule has 0 saturated carbocycles. The molecule has 0 amide bonds. The first kappa shape index (κ1) is 16.2. The molecule has 3 rings (SSSR count). The van der Waals surface area contributed by atoms with Crippen molar-refractivity contribution in [3.63, 3.8) is 0 Å². The van der Waals surface area contributed by atoms with E-state index >= 15 is 0 Å². The molecule has 0 aliphatic rings. The topological polar surface area (TPSA) is 46.5 Å². The van der Waals surface area contributed by atoms with Crippen LogP contribution in [0.3, 0.4) is 0 Å². The van der Waals surface area contributed by atoms with Crippen molar-refractivity contribution in [3.8, 4) is 5.75 Å². The van der Waals surface area contributed by atoms with Crippen LogP contribution in [0.4, 0.5) is 5.13 Å². The normalized spacial score (nSPS) is 10.9. The van der Waals surface area contributed by atoms with Gasteiger partial charge in [0.2, 0.25) is 5.13 Å². The second-order valence-electron chi connectivity index (χ2n) is 5.51. The van der Waals surface area contributed by atoms with Gasteiger partial charge in [-0.2, -0.15) is 5.10 Å².